The molecule has 0 amide bonds. The highest BCUT2D eigenvalue weighted by Crippen LogP contribution is 2.35. The Morgan fingerprint density at radius 2 is 1.87 bits per heavy atom. The van der Waals surface area contributed by atoms with Crippen LogP contribution >= 0.6 is 27.3 Å². The maximum Gasteiger partial charge on any atom is 0.197 e. The van der Waals surface area contributed by atoms with E-state index in [0.717, 1.165) is 0 Å². The number of rotatable bonds is 12. The molecule has 47 heavy (non-hydrogen) atoms. The van der Waals surface area contributed by atoms with Gasteiger partial charge in [-0.1, -0.05) is 18.2 Å². The van der Waals surface area contributed by atoms with Gasteiger partial charge in [0.2, 0.25) is 0 Å². The predicted molar refractivity (Wildman–Crippen MR) is 179 cm³/mol. The number of anilines is 2. The summed E-state index contributed by atoms with van der Waals surface area (Å²) in [5.74, 6) is -0.0342. The molecule has 3 heterocycles. The fourth-order valence-electron chi connectivity index (χ4n) is 4.63. The molecule has 0 aliphatic carbocycles. The van der Waals surface area contributed by atoms with E-state index in [1.165, 1.54) is 48.1 Å². The van der Waals surface area contributed by atoms with Gasteiger partial charge in [0.05, 0.1) is 28.0 Å². The van der Waals surface area contributed by atoms with E-state index in [-0.39, 0.29) is 35.4 Å². The topological polar surface area (TPSA) is 116 Å². The number of nitrogens with zero attached hydrogens (tertiary/aromatic N) is 4. The van der Waals surface area contributed by atoms with Crippen molar-refractivity contribution >= 4 is 59.5 Å². The Bertz CT molecular complexity index is 2150. The molecule has 0 bridgehead atoms. The maximum absolute atomic E-state index is 15.3. The van der Waals surface area contributed by atoms with Gasteiger partial charge in [0, 0.05) is 34.3 Å². The molecule has 3 aromatic heterocycles. The van der Waals surface area contributed by atoms with E-state index >= 15 is 4.39 Å². The van der Waals surface area contributed by atoms with E-state index in [0.29, 0.717) is 48.9 Å². The van der Waals surface area contributed by atoms with Gasteiger partial charge in [-0.3, -0.25) is 0 Å². The van der Waals surface area contributed by atoms with Crippen LogP contribution in [0.5, 0.6) is 5.75 Å². The molecule has 0 radical (unpaired) electrons. The Kier molecular flexibility index (Phi) is 9.82. The number of sulfone groups is 1. The Morgan fingerprint density at radius 1 is 1.00 bits per heavy atom. The number of aromatic nitrogens is 4. The zero-order valence-electron chi connectivity index (χ0n) is 24.7. The molecule has 0 aliphatic rings. The third-order valence-corrected chi connectivity index (χ3v) is 10.2. The molecule has 14 heteroatoms. The molecule has 0 saturated heterocycles. The molecule has 0 spiro atoms. The second-order valence-corrected chi connectivity index (χ2v) is 14.1. The minimum absolute atomic E-state index is 0.00582. The lowest BCUT2D eigenvalue weighted by atomic mass is 10.1. The third-order valence-electron chi connectivity index (χ3n) is 7.02. The summed E-state index contributed by atoms with van der Waals surface area (Å²) in [5, 5.41) is 6.13. The van der Waals surface area contributed by atoms with Crippen molar-refractivity contribution in [3.05, 3.63) is 117 Å². The number of pyridine rings is 1. The van der Waals surface area contributed by atoms with Crippen LogP contribution in [0, 0.1) is 11.6 Å². The van der Waals surface area contributed by atoms with E-state index in [2.05, 4.69) is 41.2 Å². The number of benzene rings is 3. The molecule has 9 nitrogen and oxygen atoms in total. The lowest BCUT2D eigenvalue weighted by Crippen LogP contribution is -2.15. The van der Waals surface area contributed by atoms with Crippen LogP contribution in [0.3, 0.4) is 0 Å². The molecule has 1 N–H and O–H groups in total. The van der Waals surface area contributed by atoms with E-state index in [9.17, 15) is 12.8 Å². The molecule has 0 aliphatic heterocycles. The fraction of sp³-hybridized carbons (Fsp3) is 0.152. The summed E-state index contributed by atoms with van der Waals surface area (Å²) >= 11 is 4.82. The highest BCUT2D eigenvalue weighted by Gasteiger charge is 2.20. The molecule has 6 aromatic rings. The van der Waals surface area contributed by atoms with Crippen LogP contribution in [0.25, 0.3) is 22.2 Å². The molecule has 1 atom stereocenters. The second kappa shape index (κ2) is 14.2. The first kappa shape index (κ1) is 32.6. The molecular formula is C33H26BrF2N5O4S2. The van der Waals surface area contributed by atoms with Gasteiger partial charge in [-0.15, -0.1) is 11.3 Å². The Labute approximate surface area is 281 Å². The standard InChI is InChI=1S/C33H26BrF2N5O4S2/c1-20(44-11-12-47(42,43)31-7-2-3-10-37-31)33-41-29(18-46-33)24-15-25-28(16-27(24)36)38-19-39-32(25)40-23-8-9-30(26(34)14-23)45-17-21-5-4-6-22(35)13-21/h2-10,13-16,18-20H,11-12,17H2,1H3,(H,38,39,40). The lowest BCUT2D eigenvalue weighted by Gasteiger charge is -2.13. The number of nitrogens with one attached hydrogen (secondary N) is 1. The first-order valence-corrected chi connectivity index (χ1v) is 17.6. The number of thiazole rings is 1. The maximum atomic E-state index is 15.3. The van der Waals surface area contributed by atoms with Gasteiger partial charge >= 0.3 is 0 Å². The van der Waals surface area contributed by atoms with E-state index < -0.39 is 21.8 Å². The number of fused-ring (bicyclic) bond motifs is 1. The zero-order chi connectivity index (χ0) is 33.0. The summed E-state index contributed by atoms with van der Waals surface area (Å²) in [6.45, 7) is 1.91. The third kappa shape index (κ3) is 7.79. The fourth-order valence-corrected chi connectivity index (χ4v) is 6.98. The Hall–Kier alpha value is -4.37. The average Bonchev–Trinajstić information content (AvgIpc) is 3.55. The molecule has 0 fully saturated rings. The molecule has 0 saturated carbocycles. The van der Waals surface area contributed by atoms with Crippen LogP contribution in [0.15, 0.2) is 100 Å². The molecule has 6 rings (SSSR count). The number of hydrogen-bond acceptors (Lipinski definition) is 10. The van der Waals surface area contributed by atoms with Crippen LogP contribution in [0.4, 0.5) is 20.3 Å². The van der Waals surface area contributed by atoms with Gasteiger partial charge in [-0.05, 0) is 76.9 Å². The van der Waals surface area contributed by atoms with Gasteiger partial charge in [-0.25, -0.2) is 37.1 Å². The quantitative estimate of drug-likeness (QED) is 0.133. The highest BCUT2D eigenvalue weighted by molar-refractivity contribution is 9.10. The van der Waals surface area contributed by atoms with Crippen LogP contribution in [0.1, 0.15) is 23.6 Å². The van der Waals surface area contributed by atoms with Gasteiger partial charge in [-0.2, -0.15) is 0 Å². The number of hydrogen-bond donors (Lipinski definition) is 1. The summed E-state index contributed by atoms with van der Waals surface area (Å²) in [5.41, 5.74) is 2.45. The van der Waals surface area contributed by atoms with Gasteiger partial charge in [0.25, 0.3) is 0 Å². The molecule has 240 valence electrons. The predicted octanol–water partition coefficient (Wildman–Crippen LogP) is 8.06. The van der Waals surface area contributed by atoms with Gasteiger partial charge in [0.15, 0.2) is 14.9 Å². The minimum atomic E-state index is -3.59. The zero-order valence-corrected chi connectivity index (χ0v) is 28.0. The van der Waals surface area contributed by atoms with Crippen molar-refractivity contribution in [1.82, 2.24) is 19.9 Å². The normalized spacial score (nSPS) is 12.3. The molecular weight excluding hydrogens is 712 g/mol. The van der Waals surface area contributed by atoms with Crippen LogP contribution in [0.2, 0.25) is 0 Å². The van der Waals surface area contributed by atoms with Crippen molar-refractivity contribution in [3.8, 4) is 17.0 Å². The van der Waals surface area contributed by atoms with Crippen LogP contribution in [-0.4, -0.2) is 40.7 Å². The Balaban J connectivity index is 1.16. The average molecular weight is 739 g/mol. The largest absolute Gasteiger partial charge is 0.488 e. The summed E-state index contributed by atoms with van der Waals surface area (Å²) in [6.07, 6.45) is 2.26. The highest BCUT2D eigenvalue weighted by atomic mass is 79.9. The SMILES string of the molecule is CC(OCCS(=O)(=O)c1ccccn1)c1nc(-c2cc3c(Nc4ccc(OCc5cccc(F)c5)c(Br)c4)ncnc3cc2F)cs1. The molecule has 1 unspecified atom stereocenters. The lowest BCUT2D eigenvalue weighted by molar-refractivity contribution is 0.0775. The van der Waals surface area contributed by atoms with Crippen molar-refractivity contribution in [3.63, 3.8) is 0 Å². The van der Waals surface area contributed by atoms with Gasteiger partial charge in [0.1, 0.15) is 47.2 Å². The van der Waals surface area contributed by atoms with Crippen molar-refractivity contribution in [2.24, 2.45) is 0 Å². The summed E-state index contributed by atoms with van der Waals surface area (Å²) < 4.78 is 66.1. The first-order chi connectivity index (χ1) is 22.7. The number of halogens is 3. The van der Waals surface area contributed by atoms with Gasteiger partial charge < -0.3 is 14.8 Å². The monoisotopic (exact) mass is 737 g/mol. The molecule has 3 aromatic carbocycles. The van der Waals surface area contributed by atoms with E-state index in [1.807, 2.05) is 6.07 Å². The first-order valence-electron chi connectivity index (χ1n) is 14.3. The Morgan fingerprint density at radius 3 is 2.66 bits per heavy atom. The van der Waals surface area contributed by atoms with Crippen molar-refractivity contribution in [2.45, 2.75) is 24.7 Å². The number of ether oxygens (including phenoxy) is 2. The summed E-state index contributed by atoms with van der Waals surface area (Å²) in [6, 6.07) is 19.3. The van der Waals surface area contributed by atoms with Crippen LogP contribution < -0.4 is 10.1 Å². The van der Waals surface area contributed by atoms with Crippen molar-refractivity contribution in [1.29, 1.82) is 0 Å². The smallest absolute Gasteiger partial charge is 0.197 e. The van der Waals surface area contributed by atoms with Crippen molar-refractivity contribution in [2.75, 3.05) is 17.7 Å². The summed E-state index contributed by atoms with van der Waals surface area (Å²) in [4.78, 5) is 17.1. The second-order valence-electron chi connectivity index (χ2n) is 10.3. The van der Waals surface area contributed by atoms with Crippen LogP contribution in [-0.2, 0) is 21.2 Å². The van der Waals surface area contributed by atoms with Crippen molar-refractivity contribution < 1.29 is 26.7 Å². The minimum Gasteiger partial charge on any atom is -0.488 e. The van der Waals surface area contributed by atoms with E-state index in [4.69, 9.17) is 9.47 Å². The summed E-state index contributed by atoms with van der Waals surface area (Å²) in [7, 11) is -3.59. The van der Waals surface area contributed by atoms with E-state index in [1.54, 1.807) is 54.8 Å².